The summed E-state index contributed by atoms with van der Waals surface area (Å²) < 4.78 is 5.46. The van der Waals surface area contributed by atoms with Gasteiger partial charge < -0.3 is 9.64 Å². The minimum atomic E-state index is -0.0525. The number of methoxy groups -OCH3 is 1. The van der Waals surface area contributed by atoms with E-state index in [4.69, 9.17) is 9.72 Å². The molecule has 2 aromatic rings. The maximum Gasteiger partial charge on any atom is 0.133 e. The molecule has 0 radical (unpaired) electrons. The van der Waals surface area contributed by atoms with E-state index in [9.17, 15) is 0 Å². The third-order valence-corrected chi connectivity index (χ3v) is 5.32. The highest BCUT2D eigenvalue weighted by Crippen LogP contribution is 2.37. The molecule has 142 valence electrons. The molecule has 26 heavy (non-hydrogen) atoms. The van der Waals surface area contributed by atoms with Crippen LogP contribution in [-0.4, -0.2) is 17.6 Å². The van der Waals surface area contributed by atoms with Gasteiger partial charge in [-0.15, -0.1) is 0 Å². The van der Waals surface area contributed by atoms with E-state index in [1.807, 2.05) is 12.1 Å². The fourth-order valence-corrected chi connectivity index (χ4v) is 3.37. The maximum absolute atomic E-state index is 5.46. The number of hydrogen-bond acceptors (Lipinski definition) is 3. The molecule has 1 aromatic carbocycles. The molecule has 0 amide bonds. The molecule has 0 aliphatic carbocycles. The van der Waals surface area contributed by atoms with Crippen molar-refractivity contribution in [2.45, 2.75) is 71.8 Å². The molecule has 1 aromatic heterocycles. The van der Waals surface area contributed by atoms with Gasteiger partial charge in [0.1, 0.15) is 11.6 Å². The van der Waals surface area contributed by atoms with Gasteiger partial charge in [0, 0.05) is 28.4 Å². The Morgan fingerprint density at radius 1 is 1.00 bits per heavy atom. The molecule has 0 bridgehead atoms. The Kier molecular flexibility index (Phi) is 6.33. The first-order chi connectivity index (χ1) is 12.2. The van der Waals surface area contributed by atoms with Gasteiger partial charge in [-0.25, -0.2) is 4.98 Å². The zero-order chi connectivity index (χ0) is 19.4. The van der Waals surface area contributed by atoms with Crippen molar-refractivity contribution in [2.24, 2.45) is 0 Å². The summed E-state index contributed by atoms with van der Waals surface area (Å²) >= 11 is 0. The topological polar surface area (TPSA) is 25.4 Å². The van der Waals surface area contributed by atoms with Crippen molar-refractivity contribution in [3.05, 3.63) is 48.2 Å². The van der Waals surface area contributed by atoms with Crippen LogP contribution in [-0.2, 0) is 5.41 Å². The van der Waals surface area contributed by atoms with Crippen LogP contribution in [0.1, 0.15) is 66.5 Å². The predicted octanol–water partition coefficient (Wildman–Crippen LogP) is 6.49. The quantitative estimate of drug-likeness (QED) is 0.541. The normalized spacial score (nSPS) is 12.1. The van der Waals surface area contributed by atoms with Crippen molar-refractivity contribution in [2.75, 3.05) is 12.0 Å². The zero-order valence-corrected chi connectivity index (χ0v) is 17.5. The molecular formula is C23H34N2O. The smallest absolute Gasteiger partial charge is 0.133 e. The fourth-order valence-electron chi connectivity index (χ4n) is 3.37. The van der Waals surface area contributed by atoms with Crippen molar-refractivity contribution in [1.82, 2.24) is 4.98 Å². The van der Waals surface area contributed by atoms with E-state index in [-0.39, 0.29) is 11.0 Å². The van der Waals surface area contributed by atoms with Crippen molar-refractivity contribution in [1.29, 1.82) is 0 Å². The molecule has 0 saturated carbocycles. The van der Waals surface area contributed by atoms with E-state index in [1.165, 1.54) is 0 Å². The predicted molar refractivity (Wildman–Crippen MR) is 112 cm³/mol. The second-order valence-corrected chi connectivity index (χ2v) is 8.22. The van der Waals surface area contributed by atoms with E-state index in [1.54, 1.807) is 7.11 Å². The lowest BCUT2D eigenvalue weighted by Crippen LogP contribution is -2.41. The van der Waals surface area contributed by atoms with Gasteiger partial charge >= 0.3 is 0 Å². The highest BCUT2D eigenvalue weighted by Gasteiger charge is 2.30. The van der Waals surface area contributed by atoms with Crippen LogP contribution in [0.4, 0.5) is 11.5 Å². The van der Waals surface area contributed by atoms with Crippen LogP contribution in [0.15, 0.2) is 42.5 Å². The molecule has 2 rings (SSSR count). The number of hydrogen-bond donors (Lipinski definition) is 0. The Morgan fingerprint density at radius 2 is 1.69 bits per heavy atom. The highest BCUT2D eigenvalue weighted by molar-refractivity contribution is 5.64. The van der Waals surface area contributed by atoms with Gasteiger partial charge in [0.15, 0.2) is 0 Å². The van der Waals surface area contributed by atoms with Crippen LogP contribution in [0.2, 0.25) is 0 Å². The molecular weight excluding hydrogens is 320 g/mol. The molecule has 3 nitrogen and oxygen atoms in total. The summed E-state index contributed by atoms with van der Waals surface area (Å²) in [6.07, 6.45) is 3.25. The van der Waals surface area contributed by atoms with Crippen LogP contribution in [0.3, 0.4) is 0 Å². The number of aromatic nitrogens is 1. The second kappa shape index (κ2) is 8.11. The van der Waals surface area contributed by atoms with Gasteiger partial charge in [0.2, 0.25) is 0 Å². The van der Waals surface area contributed by atoms with Gasteiger partial charge in [-0.2, -0.15) is 0 Å². The summed E-state index contributed by atoms with van der Waals surface area (Å²) in [6.45, 7) is 13.5. The molecule has 0 N–H and O–H groups in total. The molecule has 0 aliphatic heterocycles. The van der Waals surface area contributed by atoms with Crippen LogP contribution >= 0.6 is 0 Å². The van der Waals surface area contributed by atoms with Gasteiger partial charge in [0.25, 0.3) is 0 Å². The standard InChI is InChI=1S/C23H34N2O/c1-8-16-23(5,6)25(18-12-10-13-19(17-18)26-7)21-15-11-14-20(24-21)22(3,4)9-2/h10-15,17H,8-9,16H2,1-7H3. The third-order valence-electron chi connectivity index (χ3n) is 5.32. The summed E-state index contributed by atoms with van der Waals surface area (Å²) in [4.78, 5) is 7.44. The maximum atomic E-state index is 5.46. The molecule has 3 heteroatoms. The van der Waals surface area contributed by atoms with E-state index >= 15 is 0 Å². The first kappa shape index (κ1) is 20.3. The Morgan fingerprint density at radius 3 is 2.31 bits per heavy atom. The summed E-state index contributed by atoms with van der Waals surface area (Å²) in [5.74, 6) is 1.86. The van der Waals surface area contributed by atoms with Crippen molar-refractivity contribution in [3.63, 3.8) is 0 Å². The first-order valence-electron chi connectivity index (χ1n) is 9.67. The van der Waals surface area contributed by atoms with E-state index in [0.717, 1.165) is 42.2 Å². The van der Waals surface area contributed by atoms with E-state index in [0.29, 0.717) is 0 Å². The third kappa shape index (κ3) is 4.38. The average molecular weight is 355 g/mol. The summed E-state index contributed by atoms with van der Waals surface area (Å²) in [7, 11) is 1.71. The van der Waals surface area contributed by atoms with Gasteiger partial charge in [-0.1, -0.05) is 46.2 Å². The van der Waals surface area contributed by atoms with Crippen LogP contribution in [0.25, 0.3) is 0 Å². The summed E-state index contributed by atoms with van der Waals surface area (Å²) in [5, 5.41) is 0. The van der Waals surface area contributed by atoms with Gasteiger partial charge in [0.05, 0.1) is 7.11 Å². The lowest BCUT2D eigenvalue weighted by Gasteiger charge is -2.40. The van der Waals surface area contributed by atoms with Gasteiger partial charge in [-0.05, 0) is 51.0 Å². The zero-order valence-electron chi connectivity index (χ0n) is 17.5. The van der Waals surface area contributed by atoms with Crippen molar-refractivity contribution >= 4 is 11.5 Å². The minimum absolute atomic E-state index is 0.0525. The number of pyridine rings is 1. The Bertz CT molecular complexity index is 722. The summed E-state index contributed by atoms with van der Waals surface area (Å²) in [5.41, 5.74) is 2.26. The fraction of sp³-hybridized carbons (Fsp3) is 0.522. The highest BCUT2D eigenvalue weighted by atomic mass is 16.5. The van der Waals surface area contributed by atoms with E-state index in [2.05, 4.69) is 76.8 Å². The molecule has 0 aliphatic rings. The molecule has 1 heterocycles. The second-order valence-electron chi connectivity index (χ2n) is 8.22. The number of nitrogens with zero attached hydrogens (tertiary/aromatic N) is 2. The van der Waals surface area contributed by atoms with Crippen molar-refractivity contribution in [3.8, 4) is 5.75 Å². The molecule has 0 unspecified atom stereocenters. The molecule has 0 spiro atoms. The molecule has 0 atom stereocenters. The number of rotatable bonds is 8. The van der Waals surface area contributed by atoms with Crippen LogP contribution in [0.5, 0.6) is 5.75 Å². The largest absolute Gasteiger partial charge is 0.497 e. The number of ether oxygens (including phenoxy) is 1. The lowest BCUT2D eigenvalue weighted by molar-refractivity contribution is 0.413. The minimum Gasteiger partial charge on any atom is -0.497 e. The first-order valence-corrected chi connectivity index (χ1v) is 9.67. The monoisotopic (exact) mass is 354 g/mol. The Balaban J connectivity index is 2.59. The SMILES string of the molecule is CCCC(C)(C)N(c1cccc(OC)c1)c1cccc(C(C)(C)CC)n1. The Labute approximate surface area is 159 Å². The van der Waals surface area contributed by atoms with Crippen LogP contribution in [0, 0.1) is 0 Å². The molecule has 0 fully saturated rings. The van der Waals surface area contributed by atoms with E-state index < -0.39 is 0 Å². The van der Waals surface area contributed by atoms with Gasteiger partial charge in [-0.3, -0.25) is 0 Å². The number of benzene rings is 1. The Hall–Kier alpha value is -2.03. The van der Waals surface area contributed by atoms with Crippen molar-refractivity contribution < 1.29 is 4.74 Å². The lowest BCUT2D eigenvalue weighted by atomic mass is 9.86. The van der Waals surface area contributed by atoms with Crippen LogP contribution < -0.4 is 9.64 Å². The summed E-state index contributed by atoms with van der Waals surface area (Å²) in [6, 6.07) is 14.7. The molecule has 0 saturated heterocycles. The average Bonchev–Trinajstić information content (AvgIpc) is 2.62. The number of anilines is 2.